The second-order valence-corrected chi connectivity index (χ2v) is 5.84. The van der Waals surface area contributed by atoms with Crippen molar-refractivity contribution in [3.63, 3.8) is 0 Å². The Morgan fingerprint density at radius 3 is 2.30 bits per heavy atom. The summed E-state index contributed by atoms with van der Waals surface area (Å²) in [6.45, 7) is 1.43. The van der Waals surface area contributed by atoms with Gasteiger partial charge in [0.1, 0.15) is 5.75 Å². The molecule has 3 aromatic rings. The van der Waals surface area contributed by atoms with Gasteiger partial charge < -0.3 is 14.8 Å². The van der Waals surface area contributed by atoms with E-state index in [1.165, 1.54) is 31.9 Å². The molecule has 1 N–H and O–H groups in total. The van der Waals surface area contributed by atoms with Gasteiger partial charge in [-0.2, -0.15) is 0 Å². The summed E-state index contributed by atoms with van der Waals surface area (Å²) in [5, 5.41) is 3.37. The minimum atomic E-state index is -0.454. The van der Waals surface area contributed by atoms with Crippen LogP contribution in [-0.2, 0) is 4.74 Å². The second-order valence-electron chi connectivity index (χ2n) is 5.84. The van der Waals surface area contributed by atoms with Crippen LogP contribution in [0.1, 0.15) is 32.4 Å². The molecule has 1 heterocycles. The van der Waals surface area contributed by atoms with Crippen molar-refractivity contribution in [2.24, 2.45) is 0 Å². The molecule has 0 aliphatic heterocycles. The van der Waals surface area contributed by atoms with Crippen LogP contribution in [0.2, 0.25) is 0 Å². The minimum absolute atomic E-state index is 0.202. The molecule has 7 nitrogen and oxygen atoms in total. The maximum Gasteiger partial charge on any atom is 0.337 e. The van der Waals surface area contributed by atoms with E-state index in [1.54, 1.807) is 42.5 Å². The van der Waals surface area contributed by atoms with Crippen molar-refractivity contribution in [1.82, 2.24) is 4.57 Å². The van der Waals surface area contributed by atoms with E-state index in [9.17, 15) is 14.4 Å². The molecule has 0 fully saturated rings. The lowest BCUT2D eigenvalue weighted by atomic mass is 10.1. The van der Waals surface area contributed by atoms with E-state index in [-0.39, 0.29) is 11.8 Å². The Kier molecular flexibility index (Phi) is 4.94. The van der Waals surface area contributed by atoms with E-state index >= 15 is 0 Å². The summed E-state index contributed by atoms with van der Waals surface area (Å²) >= 11 is 0. The first kappa shape index (κ1) is 18.2. The molecule has 7 heteroatoms. The minimum Gasteiger partial charge on any atom is -0.497 e. The molecule has 27 heavy (non-hydrogen) atoms. The molecule has 0 aliphatic rings. The Morgan fingerprint density at radius 2 is 1.70 bits per heavy atom. The quantitative estimate of drug-likeness (QED) is 0.716. The molecule has 138 valence electrons. The molecule has 1 aromatic heterocycles. The van der Waals surface area contributed by atoms with Crippen molar-refractivity contribution in [3.8, 4) is 5.75 Å². The van der Waals surface area contributed by atoms with Gasteiger partial charge in [-0.25, -0.2) is 4.79 Å². The van der Waals surface area contributed by atoms with Crippen LogP contribution in [0.3, 0.4) is 0 Å². The zero-order chi connectivity index (χ0) is 19.6. The van der Waals surface area contributed by atoms with Crippen molar-refractivity contribution >= 4 is 34.4 Å². The number of benzene rings is 2. The molecule has 1 amide bonds. The van der Waals surface area contributed by atoms with Crippen molar-refractivity contribution in [2.45, 2.75) is 6.92 Å². The predicted octanol–water partition coefficient (Wildman–Crippen LogP) is 3.35. The van der Waals surface area contributed by atoms with Gasteiger partial charge in [-0.3, -0.25) is 14.2 Å². The number of rotatable bonds is 4. The van der Waals surface area contributed by atoms with E-state index in [2.05, 4.69) is 10.1 Å². The maximum absolute atomic E-state index is 12.8. The highest BCUT2D eigenvalue weighted by Gasteiger charge is 2.18. The molecule has 3 rings (SSSR count). The Balaban J connectivity index is 1.95. The summed E-state index contributed by atoms with van der Waals surface area (Å²) in [7, 11) is 2.84. The number of carbonyl (C=O) groups is 3. The first-order valence-electron chi connectivity index (χ1n) is 8.14. The zero-order valence-electron chi connectivity index (χ0n) is 15.1. The number of fused-ring (bicyclic) bond motifs is 1. The van der Waals surface area contributed by atoms with E-state index < -0.39 is 5.97 Å². The monoisotopic (exact) mass is 366 g/mol. The molecule has 2 aromatic carbocycles. The fraction of sp³-hybridized carbons (Fsp3) is 0.150. The third-order valence-corrected chi connectivity index (χ3v) is 4.16. The molecule has 0 bridgehead atoms. The van der Waals surface area contributed by atoms with Crippen LogP contribution in [0, 0.1) is 0 Å². The lowest BCUT2D eigenvalue weighted by molar-refractivity contribution is 0.0600. The fourth-order valence-electron chi connectivity index (χ4n) is 2.78. The van der Waals surface area contributed by atoms with Crippen molar-refractivity contribution in [3.05, 3.63) is 59.8 Å². The van der Waals surface area contributed by atoms with Gasteiger partial charge in [0.2, 0.25) is 5.91 Å². The lowest BCUT2D eigenvalue weighted by Crippen LogP contribution is -2.12. The van der Waals surface area contributed by atoms with Crippen LogP contribution in [0.15, 0.2) is 48.7 Å². The number of methoxy groups -OCH3 is 2. The maximum atomic E-state index is 12.8. The summed E-state index contributed by atoms with van der Waals surface area (Å²) in [6.07, 6.45) is 1.50. The third kappa shape index (κ3) is 3.52. The summed E-state index contributed by atoms with van der Waals surface area (Å²) in [4.78, 5) is 36.2. The van der Waals surface area contributed by atoms with Crippen LogP contribution < -0.4 is 10.1 Å². The van der Waals surface area contributed by atoms with Gasteiger partial charge in [-0.05, 0) is 42.5 Å². The Labute approximate surface area is 155 Å². The number of anilines is 1. The molecule has 0 radical (unpaired) electrons. The van der Waals surface area contributed by atoms with Gasteiger partial charge in [0.15, 0.2) is 0 Å². The average Bonchev–Trinajstić information content (AvgIpc) is 3.07. The van der Waals surface area contributed by atoms with Crippen LogP contribution in [0.5, 0.6) is 5.75 Å². The molecule has 0 saturated carbocycles. The smallest absolute Gasteiger partial charge is 0.337 e. The number of hydrogen-bond donors (Lipinski definition) is 1. The predicted molar refractivity (Wildman–Crippen MR) is 101 cm³/mol. The van der Waals surface area contributed by atoms with Crippen LogP contribution >= 0.6 is 0 Å². The van der Waals surface area contributed by atoms with E-state index in [0.717, 1.165) is 0 Å². The zero-order valence-corrected chi connectivity index (χ0v) is 15.1. The summed E-state index contributed by atoms with van der Waals surface area (Å²) in [6, 6.07) is 11.5. The van der Waals surface area contributed by atoms with Gasteiger partial charge in [-0.15, -0.1) is 0 Å². The largest absolute Gasteiger partial charge is 0.497 e. The van der Waals surface area contributed by atoms with Gasteiger partial charge >= 0.3 is 5.97 Å². The fourth-order valence-corrected chi connectivity index (χ4v) is 2.78. The van der Waals surface area contributed by atoms with E-state index in [1.807, 2.05) is 0 Å². The normalized spacial score (nSPS) is 10.5. The summed E-state index contributed by atoms with van der Waals surface area (Å²) < 4.78 is 11.3. The number of nitrogens with one attached hydrogen (secondary N) is 1. The molecule has 0 saturated heterocycles. The van der Waals surface area contributed by atoms with Crippen molar-refractivity contribution < 1.29 is 23.9 Å². The Hall–Kier alpha value is -3.61. The topological polar surface area (TPSA) is 86.6 Å². The third-order valence-electron chi connectivity index (χ3n) is 4.16. The van der Waals surface area contributed by atoms with Crippen molar-refractivity contribution in [1.29, 1.82) is 0 Å². The first-order valence-corrected chi connectivity index (χ1v) is 8.14. The SMILES string of the molecule is COC(=O)c1ccc(NC(=O)c2cn(C(C)=O)c3ccc(OC)cc23)cc1. The van der Waals surface area contributed by atoms with Gasteiger partial charge in [0.25, 0.3) is 5.91 Å². The highest BCUT2D eigenvalue weighted by atomic mass is 16.5. The highest BCUT2D eigenvalue weighted by Crippen LogP contribution is 2.27. The number of aromatic nitrogens is 1. The number of nitrogens with zero attached hydrogens (tertiary/aromatic N) is 1. The number of carbonyl (C=O) groups excluding carboxylic acids is 3. The number of esters is 1. The number of ether oxygens (including phenoxy) is 2. The number of hydrogen-bond acceptors (Lipinski definition) is 5. The highest BCUT2D eigenvalue weighted by molar-refractivity contribution is 6.14. The summed E-state index contributed by atoms with van der Waals surface area (Å²) in [5.74, 6) is -0.449. The molecule has 0 unspecified atom stereocenters. The van der Waals surface area contributed by atoms with Gasteiger partial charge in [-0.1, -0.05) is 0 Å². The van der Waals surface area contributed by atoms with Gasteiger partial charge in [0, 0.05) is 24.2 Å². The van der Waals surface area contributed by atoms with Crippen LogP contribution in [0.25, 0.3) is 10.9 Å². The first-order chi connectivity index (χ1) is 12.9. The molecule has 0 atom stereocenters. The van der Waals surface area contributed by atoms with Crippen molar-refractivity contribution in [2.75, 3.05) is 19.5 Å². The Morgan fingerprint density at radius 1 is 1.00 bits per heavy atom. The second kappa shape index (κ2) is 7.33. The van der Waals surface area contributed by atoms with E-state index in [0.29, 0.717) is 33.5 Å². The van der Waals surface area contributed by atoms with E-state index in [4.69, 9.17) is 4.74 Å². The molecular weight excluding hydrogens is 348 g/mol. The van der Waals surface area contributed by atoms with Crippen LogP contribution in [-0.4, -0.2) is 36.6 Å². The molecule has 0 aliphatic carbocycles. The number of amides is 1. The van der Waals surface area contributed by atoms with Crippen LogP contribution in [0.4, 0.5) is 5.69 Å². The standard InChI is InChI=1S/C20H18N2O5/c1-12(23)22-11-17(16-10-15(26-2)8-9-18(16)22)19(24)21-14-6-4-13(5-7-14)20(25)27-3/h4-11H,1-3H3,(H,21,24). The summed E-state index contributed by atoms with van der Waals surface area (Å²) in [5.41, 5.74) is 1.86. The van der Waals surface area contributed by atoms with Gasteiger partial charge in [0.05, 0.1) is 30.9 Å². The Bertz CT molecular complexity index is 1030. The molecular formula is C20H18N2O5. The average molecular weight is 366 g/mol. The lowest BCUT2D eigenvalue weighted by Gasteiger charge is -2.06. The molecule has 0 spiro atoms.